The lowest BCUT2D eigenvalue weighted by Gasteiger charge is -2.34. The summed E-state index contributed by atoms with van der Waals surface area (Å²) in [5.41, 5.74) is -0.583. The van der Waals surface area contributed by atoms with Crippen LogP contribution in [-0.4, -0.2) is 11.8 Å². The molecule has 0 spiro atoms. The van der Waals surface area contributed by atoms with Crippen LogP contribution in [0.1, 0.15) is 17.3 Å². The lowest BCUT2D eigenvalue weighted by molar-refractivity contribution is -0.311. The third-order valence-corrected chi connectivity index (χ3v) is 3.28. The average Bonchev–Trinajstić information content (AvgIpc) is 2.39. The molecule has 0 saturated heterocycles. The Kier molecular flexibility index (Phi) is 3.15. The molecule has 1 aromatic carbocycles. The molecule has 3 nitrogen and oxygen atoms in total. The Hall–Kier alpha value is -2.16. The van der Waals surface area contributed by atoms with Gasteiger partial charge in [0.25, 0.3) is 0 Å². The minimum atomic E-state index is -1.23. The Morgan fingerprint density at radius 2 is 1.83 bits per heavy atom. The van der Waals surface area contributed by atoms with Crippen LogP contribution in [0.5, 0.6) is 0 Å². The van der Waals surface area contributed by atoms with E-state index in [-0.39, 0.29) is 5.78 Å². The van der Waals surface area contributed by atoms with E-state index >= 15 is 0 Å². The molecule has 0 N–H and O–H groups in total. The van der Waals surface area contributed by atoms with Gasteiger partial charge >= 0.3 is 0 Å². The summed E-state index contributed by atoms with van der Waals surface area (Å²) >= 11 is 0. The second-order valence-corrected chi connectivity index (χ2v) is 4.52. The molecular formula is C15H13O3-. The van der Waals surface area contributed by atoms with Crippen molar-refractivity contribution in [2.24, 2.45) is 11.3 Å². The minimum absolute atomic E-state index is 0.210. The average molecular weight is 241 g/mol. The zero-order valence-electron chi connectivity index (χ0n) is 10.00. The van der Waals surface area contributed by atoms with Crippen molar-refractivity contribution in [2.75, 3.05) is 0 Å². The van der Waals surface area contributed by atoms with Crippen LogP contribution in [0, 0.1) is 11.3 Å². The lowest BCUT2D eigenvalue weighted by Crippen LogP contribution is -2.44. The number of carboxylic acid groups (broad SMARTS) is 1. The van der Waals surface area contributed by atoms with Crippen molar-refractivity contribution in [1.29, 1.82) is 0 Å². The summed E-state index contributed by atoms with van der Waals surface area (Å²) in [5.74, 6) is -2.38. The van der Waals surface area contributed by atoms with E-state index in [0.717, 1.165) is 0 Å². The molecule has 1 aliphatic carbocycles. The molecule has 2 rings (SSSR count). The van der Waals surface area contributed by atoms with Gasteiger partial charge in [0, 0.05) is 17.5 Å². The predicted molar refractivity (Wildman–Crippen MR) is 65.7 cm³/mol. The quantitative estimate of drug-likeness (QED) is 0.751. The van der Waals surface area contributed by atoms with E-state index in [1.165, 1.54) is 6.08 Å². The van der Waals surface area contributed by atoms with Gasteiger partial charge in [-0.1, -0.05) is 54.6 Å². The van der Waals surface area contributed by atoms with Gasteiger partial charge in [0.2, 0.25) is 0 Å². The predicted octanol–water partition coefficient (Wildman–Crippen LogP) is 1.37. The molecule has 0 radical (unpaired) electrons. The van der Waals surface area contributed by atoms with E-state index in [4.69, 9.17) is 0 Å². The zero-order valence-corrected chi connectivity index (χ0v) is 10.00. The third-order valence-electron chi connectivity index (χ3n) is 3.28. The number of carbonyl (C=O) groups is 2. The van der Waals surface area contributed by atoms with Crippen LogP contribution in [0.3, 0.4) is 0 Å². The molecule has 3 heteroatoms. The van der Waals surface area contributed by atoms with Gasteiger partial charge in [-0.15, -0.1) is 0 Å². The van der Waals surface area contributed by atoms with Crippen molar-refractivity contribution >= 4 is 11.8 Å². The maximum absolute atomic E-state index is 12.5. The van der Waals surface area contributed by atoms with Gasteiger partial charge in [0.1, 0.15) is 0 Å². The summed E-state index contributed by atoms with van der Waals surface area (Å²) in [4.78, 5) is 23.6. The molecule has 18 heavy (non-hydrogen) atoms. The van der Waals surface area contributed by atoms with Crippen LogP contribution >= 0.6 is 0 Å². The monoisotopic (exact) mass is 241 g/mol. The number of allylic oxidation sites excluding steroid dienone is 3. The van der Waals surface area contributed by atoms with Gasteiger partial charge in [0.15, 0.2) is 5.78 Å². The molecule has 0 aromatic heterocycles. The molecule has 0 bridgehead atoms. The SMILES string of the molecule is CC1(C(=O)c2ccccc2)C=CC=CC1C(=O)[O-]. The van der Waals surface area contributed by atoms with Gasteiger partial charge in [-0.2, -0.15) is 0 Å². The van der Waals surface area contributed by atoms with Crippen molar-refractivity contribution in [3.8, 4) is 0 Å². The number of Topliss-reactive ketones (excluding diaryl/α,β-unsaturated/α-hetero) is 1. The van der Waals surface area contributed by atoms with Gasteiger partial charge in [-0.3, -0.25) is 4.79 Å². The number of aliphatic carboxylic acids is 1. The fraction of sp³-hybridized carbons (Fsp3) is 0.200. The lowest BCUT2D eigenvalue weighted by atomic mass is 9.69. The number of hydrogen-bond acceptors (Lipinski definition) is 3. The Balaban J connectivity index is 2.41. The molecule has 0 amide bonds. The molecule has 0 fully saturated rings. The second-order valence-electron chi connectivity index (χ2n) is 4.52. The number of carboxylic acids is 1. The Labute approximate surface area is 105 Å². The van der Waals surface area contributed by atoms with Crippen LogP contribution in [0.2, 0.25) is 0 Å². The normalized spacial score (nSPS) is 25.9. The number of rotatable bonds is 3. The Bertz CT molecular complexity index is 528. The van der Waals surface area contributed by atoms with Crippen LogP contribution in [-0.2, 0) is 4.79 Å². The first-order chi connectivity index (χ1) is 8.55. The molecule has 2 unspecified atom stereocenters. The van der Waals surface area contributed by atoms with Crippen molar-refractivity contribution < 1.29 is 14.7 Å². The van der Waals surface area contributed by atoms with Crippen LogP contribution in [0.15, 0.2) is 54.6 Å². The van der Waals surface area contributed by atoms with E-state index < -0.39 is 17.3 Å². The molecule has 1 aliphatic rings. The van der Waals surface area contributed by atoms with Crippen LogP contribution in [0.4, 0.5) is 0 Å². The second kappa shape index (κ2) is 4.61. The number of ketones is 1. The third kappa shape index (κ3) is 1.99. The smallest absolute Gasteiger partial charge is 0.173 e. The van der Waals surface area contributed by atoms with E-state index in [1.807, 2.05) is 6.07 Å². The maximum atomic E-state index is 12.5. The standard InChI is InChI=1S/C15H14O3/c1-15(10-6-5-9-12(15)14(17)18)13(16)11-7-3-2-4-8-11/h2-10,12H,1H3,(H,17,18)/p-1. The van der Waals surface area contributed by atoms with Gasteiger partial charge < -0.3 is 9.90 Å². The highest BCUT2D eigenvalue weighted by Crippen LogP contribution is 2.36. The van der Waals surface area contributed by atoms with Crippen molar-refractivity contribution in [3.05, 3.63) is 60.2 Å². The summed E-state index contributed by atoms with van der Waals surface area (Å²) in [5, 5.41) is 11.2. The molecular weight excluding hydrogens is 228 g/mol. The number of benzene rings is 1. The first-order valence-electron chi connectivity index (χ1n) is 5.72. The largest absolute Gasteiger partial charge is 0.549 e. The van der Waals surface area contributed by atoms with Crippen molar-refractivity contribution in [3.63, 3.8) is 0 Å². The van der Waals surface area contributed by atoms with Crippen molar-refractivity contribution in [2.45, 2.75) is 6.92 Å². The Morgan fingerprint density at radius 3 is 2.44 bits per heavy atom. The summed E-state index contributed by atoms with van der Waals surface area (Å²) in [6.07, 6.45) is 6.44. The fourth-order valence-electron chi connectivity index (χ4n) is 2.18. The maximum Gasteiger partial charge on any atom is 0.173 e. The Morgan fingerprint density at radius 1 is 1.17 bits per heavy atom. The van der Waals surface area contributed by atoms with Crippen LogP contribution in [0.25, 0.3) is 0 Å². The van der Waals surface area contributed by atoms with Gasteiger partial charge in [-0.05, 0) is 6.92 Å². The fourth-order valence-corrected chi connectivity index (χ4v) is 2.18. The van der Waals surface area contributed by atoms with E-state index in [2.05, 4.69) is 0 Å². The first kappa shape index (κ1) is 12.3. The molecule has 2 atom stereocenters. The topological polar surface area (TPSA) is 57.2 Å². The molecule has 0 saturated carbocycles. The van der Waals surface area contributed by atoms with E-state index in [1.54, 1.807) is 49.4 Å². The number of hydrogen-bond donors (Lipinski definition) is 0. The van der Waals surface area contributed by atoms with Gasteiger partial charge in [0.05, 0.1) is 5.41 Å². The molecule has 1 aromatic rings. The highest BCUT2D eigenvalue weighted by atomic mass is 16.4. The summed E-state index contributed by atoms with van der Waals surface area (Å²) in [6.45, 7) is 1.63. The molecule has 0 heterocycles. The zero-order chi connectivity index (χ0) is 13.2. The molecule has 0 aliphatic heterocycles. The minimum Gasteiger partial charge on any atom is -0.549 e. The summed E-state index contributed by atoms with van der Waals surface area (Å²) < 4.78 is 0. The highest BCUT2D eigenvalue weighted by molar-refractivity contribution is 6.04. The van der Waals surface area contributed by atoms with E-state index in [0.29, 0.717) is 5.56 Å². The summed E-state index contributed by atoms with van der Waals surface area (Å²) in [6, 6.07) is 8.70. The number of carbonyl (C=O) groups excluding carboxylic acids is 2. The molecule has 92 valence electrons. The first-order valence-corrected chi connectivity index (χ1v) is 5.72. The highest BCUT2D eigenvalue weighted by Gasteiger charge is 2.39. The van der Waals surface area contributed by atoms with Crippen molar-refractivity contribution in [1.82, 2.24) is 0 Å². The van der Waals surface area contributed by atoms with Crippen LogP contribution < -0.4 is 5.11 Å². The van der Waals surface area contributed by atoms with E-state index in [9.17, 15) is 14.7 Å². The summed E-state index contributed by atoms with van der Waals surface area (Å²) in [7, 11) is 0. The van der Waals surface area contributed by atoms with Gasteiger partial charge in [-0.25, -0.2) is 0 Å².